The summed E-state index contributed by atoms with van der Waals surface area (Å²) in [6.45, 7) is 0.695. The highest BCUT2D eigenvalue weighted by molar-refractivity contribution is 5.97. The molecule has 1 aliphatic carbocycles. The van der Waals surface area contributed by atoms with Gasteiger partial charge in [0.2, 0.25) is 0 Å². The van der Waals surface area contributed by atoms with Gasteiger partial charge < -0.3 is 14.7 Å². The number of carbonyl (C=O) groups is 2. The number of amides is 1. The maximum absolute atomic E-state index is 12.7. The predicted octanol–water partition coefficient (Wildman–Crippen LogP) is 2.06. The molecule has 0 bridgehead atoms. The lowest BCUT2D eigenvalue weighted by atomic mass is 10.1. The maximum atomic E-state index is 12.7. The van der Waals surface area contributed by atoms with E-state index in [1.54, 1.807) is 4.90 Å². The Labute approximate surface area is 123 Å². The number of para-hydroxylation sites is 1. The van der Waals surface area contributed by atoms with Crippen LogP contribution < -0.4 is 4.90 Å². The zero-order chi connectivity index (χ0) is 14.8. The van der Waals surface area contributed by atoms with Gasteiger partial charge in [0.05, 0.1) is 0 Å². The molecule has 21 heavy (non-hydrogen) atoms. The van der Waals surface area contributed by atoms with Gasteiger partial charge in [-0.3, -0.25) is 4.79 Å². The average Bonchev–Trinajstić information content (AvgIpc) is 3.17. The number of hydrogen-bond acceptors (Lipinski definition) is 3. The fourth-order valence-electron chi connectivity index (χ4n) is 2.66. The minimum atomic E-state index is -0.987. The van der Waals surface area contributed by atoms with Crippen LogP contribution in [0.5, 0.6) is 0 Å². The Morgan fingerprint density at radius 2 is 1.76 bits per heavy atom. The van der Waals surface area contributed by atoms with Gasteiger partial charge in [-0.1, -0.05) is 18.2 Å². The molecule has 0 unspecified atom stereocenters. The number of nitrogens with zero attached hydrogens (tertiary/aromatic N) is 1. The van der Waals surface area contributed by atoms with Crippen LogP contribution >= 0.6 is 0 Å². The summed E-state index contributed by atoms with van der Waals surface area (Å²) >= 11 is 0. The van der Waals surface area contributed by atoms with Crippen LogP contribution in [0.4, 0.5) is 5.69 Å². The summed E-state index contributed by atoms with van der Waals surface area (Å²) in [7, 11) is 0. The molecule has 2 fully saturated rings. The van der Waals surface area contributed by atoms with E-state index in [1.807, 2.05) is 30.3 Å². The van der Waals surface area contributed by atoms with E-state index in [2.05, 4.69) is 0 Å². The van der Waals surface area contributed by atoms with Crippen LogP contribution in [0.2, 0.25) is 0 Å². The Bertz CT molecular complexity index is 526. The average molecular weight is 289 g/mol. The molecule has 5 nitrogen and oxygen atoms in total. The minimum Gasteiger partial charge on any atom is -0.479 e. The molecule has 1 amide bonds. The fraction of sp³-hybridized carbons (Fsp3) is 0.500. The Balaban J connectivity index is 1.73. The zero-order valence-electron chi connectivity index (χ0n) is 11.8. The van der Waals surface area contributed by atoms with Crippen molar-refractivity contribution in [3.05, 3.63) is 30.3 Å². The summed E-state index contributed by atoms with van der Waals surface area (Å²) in [4.78, 5) is 25.4. The molecular formula is C16H19NO4. The Hall–Kier alpha value is -1.88. The van der Waals surface area contributed by atoms with Gasteiger partial charge >= 0.3 is 5.97 Å². The first-order valence-corrected chi connectivity index (χ1v) is 7.40. The second-order valence-corrected chi connectivity index (χ2v) is 5.76. The number of aliphatic carboxylic acids is 1. The van der Waals surface area contributed by atoms with Crippen LogP contribution in [0.15, 0.2) is 30.3 Å². The number of anilines is 1. The third kappa shape index (κ3) is 3.24. The van der Waals surface area contributed by atoms with Crippen molar-refractivity contribution in [1.29, 1.82) is 0 Å². The van der Waals surface area contributed by atoms with Crippen molar-refractivity contribution in [3.8, 4) is 0 Å². The van der Waals surface area contributed by atoms with E-state index in [-0.39, 0.29) is 5.91 Å². The second kappa shape index (κ2) is 5.85. The molecule has 112 valence electrons. The number of ether oxygens (including phenoxy) is 1. The number of carboxylic acid groups (broad SMARTS) is 1. The molecule has 1 saturated heterocycles. The standard InChI is InChI=1S/C16H19NO4/c18-15(13-8-9-14(21-13)16(19)20)17(10-11-6-7-11)12-4-2-1-3-5-12/h1-5,11,13-14H,6-10H2,(H,19,20)/t13-,14+/m0/s1. The van der Waals surface area contributed by atoms with Crippen molar-refractivity contribution in [2.24, 2.45) is 5.92 Å². The zero-order valence-corrected chi connectivity index (χ0v) is 11.8. The Morgan fingerprint density at radius 1 is 1.10 bits per heavy atom. The molecule has 2 atom stereocenters. The van der Waals surface area contributed by atoms with Crippen LogP contribution in [-0.2, 0) is 14.3 Å². The monoisotopic (exact) mass is 289 g/mol. The van der Waals surface area contributed by atoms with Crippen LogP contribution in [0, 0.1) is 5.92 Å². The van der Waals surface area contributed by atoms with E-state index >= 15 is 0 Å². The second-order valence-electron chi connectivity index (χ2n) is 5.76. The first-order chi connectivity index (χ1) is 10.1. The van der Waals surface area contributed by atoms with E-state index < -0.39 is 18.2 Å². The molecule has 0 aromatic heterocycles. The smallest absolute Gasteiger partial charge is 0.332 e. The highest BCUT2D eigenvalue weighted by Crippen LogP contribution is 2.33. The van der Waals surface area contributed by atoms with Crippen molar-refractivity contribution in [2.75, 3.05) is 11.4 Å². The molecule has 2 aliphatic rings. The fourth-order valence-corrected chi connectivity index (χ4v) is 2.66. The number of carboxylic acids is 1. The van der Waals surface area contributed by atoms with Gasteiger partial charge in [-0.05, 0) is 43.7 Å². The molecule has 5 heteroatoms. The minimum absolute atomic E-state index is 0.114. The predicted molar refractivity (Wildman–Crippen MR) is 77.0 cm³/mol. The normalized spacial score (nSPS) is 24.8. The van der Waals surface area contributed by atoms with E-state index in [9.17, 15) is 9.59 Å². The molecule has 0 radical (unpaired) electrons. The van der Waals surface area contributed by atoms with Crippen molar-refractivity contribution in [1.82, 2.24) is 0 Å². The molecule has 3 rings (SSSR count). The summed E-state index contributed by atoms with van der Waals surface area (Å²) < 4.78 is 5.40. The molecule has 1 aromatic carbocycles. The summed E-state index contributed by atoms with van der Waals surface area (Å²) in [5.41, 5.74) is 0.858. The van der Waals surface area contributed by atoms with Gasteiger partial charge in [-0.15, -0.1) is 0 Å². The van der Waals surface area contributed by atoms with Gasteiger partial charge in [-0.25, -0.2) is 4.79 Å². The van der Waals surface area contributed by atoms with Crippen molar-refractivity contribution in [3.63, 3.8) is 0 Å². The van der Waals surface area contributed by atoms with Gasteiger partial charge in [0.25, 0.3) is 5.91 Å². The third-order valence-corrected chi connectivity index (χ3v) is 4.04. The summed E-state index contributed by atoms with van der Waals surface area (Å²) in [5, 5.41) is 8.97. The molecule has 1 heterocycles. The quantitative estimate of drug-likeness (QED) is 0.901. The topological polar surface area (TPSA) is 66.8 Å². The SMILES string of the molecule is O=C(O)[C@H]1CC[C@@H](C(=O)N(CC2CC2)c2ccccc2)O1. The summed E-state index contributed by atoms with van der Waals surface area (Å²) in [5.74, 6) is -0.540. The van der Waals surface area contributed by atoms with E-state index in [1.165, 1.54) is 0 Å². The summed E-state index contributed by atoms with van der Waals surface area (Å²) in [6, 6.07) is 9.53. The van der Waals surface area contributed by atoms with Crippen LogP contribution in [0.25, 0.3) is 0 Å². The first kappa shape index (κ1) is 14.1. The van der Waals surface area contributed by atoms with Gasteiger partial charge in [0, 0.05) is 12.2 Å². The lowest BCUT2D eigenvalue weighted by molar-refractivity contribution is -0.151. The molecule has 0 spiro atoms. The molecule has 1 N–H and O–H groups in total. The molecule has 1 aliphatic heterocycles. The molecule has 1 aromatic rings. The Kier molecular flexibility index (Phi) is 3.92. The number of hydrogen-bond donors (Lipinski definition) is 1. The first-order valence-electron chi connectivity index (χ1n) is 7.40. The molecule has 1 saturated carbocycles. The highest BCUT2D eigenvalue weighted by atomic mass is 16.5. The van der Waals surface area contributed by atoms with E-state index in [0.717, 1.165) is 18.5 Å². The number of carbonyl (C=O) groups excluding carboxylic acids is 1. The highest BCUT2D eigenvalue weighted by Gasteiger charge is 2.38. The van der Waals surface area contributed by atoms with Gasteiger partial charge in [-0.2, -0.15) is 0 Å². The number of rotatable bonds is 5. The lowest BCUT2D eigenvalue weighted by Gasteiger charge is -2.25. The van der Waals surface area contributed by atoms with Crippen molar-refractivity contribution >= 4 is 17.6 Å². The van der Waals surface area contributed by atoms with Crippen LogP contribution in [0.3, 0.4) is 0 Å². The third-order valence-electron chi connectivity index (χ3n) is 4.04. The van der Waals surface area contributed by atoms with Crippen molar-refractivity contribution < 1.29 is 19.4 Å². The molecular weight excluding hydrogens is 270 g/mol. The number of benzene rings is 1. The summed E-state index contributed by atoms with van der Waals surface area (Å²) in [6.07, 6.45) is 1.70. The maximum Gasteiger partial charge on any atom is 0.332 e. The van der Waals surface area contributed by atoms with E-state index in [4.69, 9.17) is 9.84 Å². The van der Waals surface area contributed by atoms with Gasteiger partial charge in [0.15, 0.2) is 6.10 Å². The van der Waals surface area contributed by atoms with Crippen LogP contribution in [0.1, 0.15) is 25.7 Å². The van der Waals surface area contributed by atoms with Crippen molar-refractivity contribution in [2.45, 2.75) is 37.9 Å². The van der Waals surface area contributed by atoms with E-state index in [0.29, 0.717) is 25.3 Å². The van der Waals surface area contributed by atoms with Gasteiger partial charge in [0.1, 0.15) is 6.10 Å². The Morgan fingerprint density at radius 3 is 2.33 bits per heavy atom. The largest absolute Gasteiger partial charge is 0.479 e. The van der Waals surface area contributed by atoms with Crippen LogP contribution in [-0.4, -0.2) is 35.7 Å². The lowest BCUT2D eigenvalue weighted by Crippen LogP contribution is -2.41.